The number of carbonyl (C=O) groups is 1. The maximum Gasteiger partial charge on any atom is 0.254 e. The summed E-state index contributed by atoms with van der Waals surface area (Å²) < 4.78 is 0. The van der Waals surface area contributed by atoms with Gasteiger partial charge in [-0.3, -0.25) is 4.79 Å². The molecule has 1 atom stereocenters. The van der Waals surface area contributed by atoms with Crippen molar-refractivity contribution in [2.45, 2.75) is 38.6 Å². The van der Waals surface area contributed by atoms with E-state index < -0.39 is 0 Å². The van der Waals surface area contributed by atoms with E-state index in [0.29, 0.717) is 6.04 Å². The first kappa shape index (κ1) is 13.6. The fourth-order valence-electron chi connectivity index (χ4n) is 2.46. The molecule has 1 amide bonds. The van der Waals surface area contributed by atoms with Crippen LogP contribution in [0.4, 0.5) is 0 Å². The van der Waals surface area contributed by atoms with Gasteiger partial charge in [0, 0.05) is 24.5 Å². The predicted octanol–water partition coefficient (Wildman–Crippen LogP) is 2.74. The summed E-state index contributed by atoms with van der Waals surface area (Å²) in [7, 11) is 0. The van der Waals surface area contributed by atoms with Crippen molar-refractivity contribution in [2.24, 2.45) is 0 Å². The quantitative estimate of drug-likeness (QED) is 0.889. The van der Waals surface area contributed by atoms with Crippen LogP contribution in [0.1, 0.15) is 43.0 Å². The highest BCUT2D eigenvalue weighted by Gasteiger charge is 2.21. The van der Waals surface area contributed by atoms with E-state index in [9.17, 15) is 4.79 Å². The molecular weight excluding hydrogens is 244 g/mol. The van der Waals surface area contributed by atoms with Gasteiger partial charge in [0.25, 0.3) is 5.91 Å². The molecule has 1 aromatic heterocycles. The fraction of sp³-hybridized carbons (Fsp3) is 0.643. The van der Waals surface area contributed by atoms with Crippen molar-refractivity contribution in [1.82, 2.24) is 10.2 Å². The van der Waals surface area contributed by atoms with Crippen LogP contribution in [0.5, 0.6) is 0 Å². The first-order chi connectivity index (χ1) is 8.81. The molecule has 1 fully saturated rings. The summed E-state index contributed by atoms with van der Waals surface area (Å²) in [6.07, 6.45) is 4.76. The van der Waals surface area contributed by atoms with Crippen molar-refractivity contribution in [2.75, 3.05) is 19.6 Å². The Kier molecular flexibility index (Phi) is 5.20. The van der Waals surface area contributed by atoms with Crippen LogP contribution in [0.15, 0.2) is 16.8 Å². The van der Waals surface area contributed by atoms with Crippen LogP contribution in [0, 0.1) is 0 Å². The summed E-state index contributed by atoms with van der Waals surface area (Å²) in [6.45, 7) is 4.93. The second kappa shape index (κ2) is 6.90. The number of piperidine rings is 1. The molecule has 18 heavy (non-hydrogen) atoms. The lowest BCUT2D eigenvalue weighted by atomic mass is 10.0. The fourth-order valence-corrected chi connectivity index (χ4v) is 3.09. The van der Waals surface area contributed by atoms with Crippen LogP contribution in [-0.2, 0) is 0 Å². The molecule has 0 aromatic carbocycles. The van der Waals surface area contributed by atoms with Crippen molar-refractivity contribution in [3.8, 4) is 0 Å². The predicted molar refractivity (Wildman–Crippen MR) is 76.2 cm³/mol. The average Bonchev–Trinajstić information content (AvgIpc) is 2.92. The number of amides is 1. The van der Waals surface area contributed by atoms with Crippen LogP contribution >= 0.6 is 11.3 Å². The van der Waals surface area contributed by atoms with Gasteiger partial charge in [-0.1, -0.05) is 13.3 Å². The first-order valence-corrected chi connectivity index (χ1v) is 7.80. The minimum Gasteiger partial charge on any atom is -0.337 e. The molecule has 0 radical (unpaired) electrons. The summed E-state index contributed by atoms with van der Waals surface area (Å²) in [5, 5.41) is 7.43. The van der Waals surface area contributed by atoms with Gasteiger partial charge in [0.05, 0.1) is 5.56 Å². The molecule has 1 aliphatic heterocycles. The molecule has 1 saturated heterocycles. The van der Waals surface area contributed by atoms with Gasteiger partial charge in [0.2, 0.25) is 0 Å². The molecule has 1 aliphatic rings. The van der Waals surface area contributed by atoms with E-state index in [1.165, 1.54) is 19.3 Å². The molecule has 2 heterocycles. The van der Waals surface area contributed by atoms with E-state index in [1.54, 1.807) is 11.3 Å². The Bertz CT molecular complexity index is 358. The van der Waals surface area contributed by atoms with Crippen molar-refractivity contribution in [1.29, 1.82) is 0 Å². The normalized spacial score (nSPS) is 19.7. The van der Waals surface area contributed by atoms with Crippen molar-refractivity contribution >= 4 is 17.2 Å². The average molecular weight is 266 g/mol. The van der Waals surface area contributed by atoms with Gasteiger partial charge in [0.1, 0.15) is 0 Å². The highest BCUT2D eigenvalue weighted by atomic mass is 32.1. The Hall–Kier alpha value is -0.870. The molecule has 3 nitrogen and oxygen atoms in total. The molecule has 1 aromatic rings. The molecule has 1 N–H and O–H groups in total. The summed E-state index contributed by atoms with van der Waals surface area (Å²) in [5.41, 5.74) is 0.837. The molecular formula is C14H22N2OS. The Morgan fingerprint density at radius 3 is 3.06 bits per heavy atom. The molecule has 0 bridgehead atoms. The lowest BCUT2D eigenvalue weighted by Crippen LogP contribution is -2.46. The van der Waals surface area contributed by atoms with Crippen molar-refractivity contribution in [3.05, 3.63) is 22.4 Å². The Morgan fingerprint density at radius 1 is 1.56 bits per heavy atom. The number of nitrogens with zero attached hydrogens (tertiary/aromatic N) is 1. The molecule has 0 spiro atoms. The van der Waals surface area contributed by atoms with E-state index >= 15 is 0 Å². The van der Waals surface area contributed by atoms with Crippen LogP contribution in [0.2, 0.25) is 0 Å². The van der Waals surface area contributed by atoms with Gasteiger partial charge < -0.3 is 10.2 Å². The third-order valence-corrected chi connectivity index (χ3v) is 4.09. The van der Waals surface area contributed by atoms with Crippen molar-refractivity contribution < 1.29 is 4.79 Å². The van der Waals surface area contributed by atoms with E-state index in [-0.39, 0.29) is 5.91 Å². The van der Waals surface area contributed by atoms with Crippen molar-refractivity contribution in [3.63, 3.8) is 0 Å². The minimum atomic E-state index is 0.186. The third-order valence-electron chi connectivity index (χ3n) is 3.40. The Morgan fingerprint density at radius 2 is 2.44 bits per heavy atom. The summed E-state index contributed by atoms with van der Waals surface area (Å²) >= 11 is 1.59. The standard InChI is InChI=1S/C14H22N2OS/c1-2-8-16(10-13-5-3-4-7-15-13)14(17)12-6-9-18-11-12/h6,9,11,13,15H,2-5,7-8,10H2,1H3. The van der Waals surface area contributed by atoms with E-state index in [1.807, 2.05) is 21.7 Å². The third kappa shape index (κ3) is 3.56. The number of thiophene rings is 1. The van der Waals surface area contributed by atoms with Crippen LogP contribution in [-0.4, -0.2) is 36.5 Å². The largest absolute Gasteiger partial charge is 0.337 e. The van der Waals surface area contributed by atoms with Gasteiger partial charge >= 0.3 is 0 Å². The highest BCUT2D eigenvalue weighted by molar-refractivity contribution is 7.08. The lowest BCUT2D eigenvalue weighted by Gasteiger charge is -2.30. The summed E-state index contributed by atoms with van der Waals surface area (Å²) in [6, 6.07) is 2.40. The van der Waals surface area contributed by atoms with Gasteiger partial charge in [0.15, 0.2) is 0 Å². The second-order valence-electron chi connectivity index (χ2n) is 4.91. The molecule has 0 saturated carbocycles. The number of rotatable bonds is 5. The first-order valence-electron chi connectivity index (χ1n) is 6.86. The molecule has 0 aliphatic carbocycles. The maximum atomic E-state index is 12.4. The number of carbonyl (C=O) groups excluding carboxylic acids is 1. The zero-order valence-electron chi connectivity index (χ0n) is 11.0. The second-order valence-corrected chi connectivity index (χ2v) is 5.69. The molecule has 4 heteroatoms. The van der Waals surface area contributed by atoms with E-state index in [0.717, 1.165) is 31.6 Å². The lowest BCUT2D eigenvalue weighted by molar-refractivity contribution is 0.0732. The highest BCUT2D eigenvalue weighted by Crippen LogP contribution is 2.13. The summed E-state index contributed by atoms with van der Waals surface area (Å²) in [5.74, 6) is 0.186. The maximum absolute atomic E-state index is 12.4. The van der Waals surface area contributed by atoms with Crippen LogP contribution in [0.25, 0.3) is 0 Å². The van der Waals surface area contributed by atoms with Crippen LogP contribution in [0.3, 0.4) is 0 Å². The molecule has 1 unspecified atom stereocenters. The van der Waals surface area contributed by atoms with Gasteiger partial charge in [-0.15, -0.1) is 0 Å². The van der Waals surface area contributed by atoms with E-state index in [2.05, 4.69) is 12.2 Å². The Balaban J connectivity index is 1.96. The number of nitrogens with one attached hydrogen (secondary N) is 1. The van der Waals surface area contributed by atoms with Gasteiger partial charge in [-0.25, -0.2) is 0 Å². The smallest absolute Gasteiger partial charge is 0.254 e. The number of hydrogen-bond donors (Lipinski definition) is 1. The van der Waals surface area contributed by atoms with Gasteiger partial charge in [-0.05, 0) is 37.3 Å². The summed E-state index contributed by atoms with van der Waals surface area (Å²) in [4.78, 5) is 14.4. The van der Waals surface area contributed by atoms with E-state index in [4.69, 9.17) is 0 Å². The topological polar surface area (TPSA) is 32.3 Å². The minimum absolute atomic E-state index is 0.186. The van der Waals surface area contributed by atoms with Crippen LogP contribution < -0.4 is 5.32 Å². The monoisotopic (exact) mass is 266 g/mol. The van der Waals surface area contributed by atoms with Gasteiger partial charge in [-0.2, -0.15) is 11.3 Å². The molecule has 100 valence electrons. The number of hydrogen-bond acceptors (Lipinski definition) is 3. The molecule has 2 rings (SSSR count). The SMILES string of the molecule is CCCN(CC1CCCCN1)C(=O)c1ccsc1. The zero-order valence-corrected chi connectivity index (χ0v) is 11.8. The Labute approximate surface area is 113 Å². The zero-order chi connectivity index (χ0) is 12.8.